The molecular weight excluding hydrogens is 380 g/mol. The maximum atomic E-state index is 13.3. The molecule has 0 spiro atoms. The molecule has 0 amide bonds. The molecule has 0 bridgehead atoms. The van der Waals surface area contributed by atoms with Crippen LogP contribution in [0.3, 0.4) is 0 Å². The number of nitrogens with zero attached hydrogens (tertiary/aromatic N) is 7. The van der Waals surface area contributed by atoms with Crippen LogP contribution in [0.1, 0.15) is 25.5 Å². The predicted octanol–water partition coefficient (Wildman–Crippen LogP) is 2.71. The summed E-state index contributed by atoms with van der Waals surface area (Å²) in [6.45, 7) is 3.88. The van der Waals surface area contributed by atoms with Crippen LogP contribution < -0.4 is 4.90 Å². The van der Waals surface area contributed by atoms with E-state index in [1.807, 2.05) is 56.1 Å². The number of carbonyl (C=O) groups excluding carboxylic acids is 1. The third kappa shape index (κ3) is 2.78. The van der Waals surface area contributed by atoms with Crippen molar-refractivity contribution >= 4 is 22.6 Å². The Balaban J connectivity index is 1.49. The molecule has 4 heterocycles. The van der Waals surface area contributed by atoms with Crippen molar-refractivity contribution in [1.82, 2.24) is 35.4 Å². The highest BCUT2D eigenvalue weighted by Crippen LogP contribution is 2.33. The standard InChI is InChI=1S/C21H20N8O/c1-12-19(13(2)29-21(28(12)3)25-26-27-29)18(30)11-14-4-5-17-16(10-14)20(24-23-17)15-6-8-22-9-7-15/h4-10,13H,11H2,1-3H3,(H,23,24)/t13-/m1/s1. The third-order valence-corrected chi connectivity index (χ3v) is 5.70. The maximum absolute atomic E-state index is 13.3. The number of carbonyl (C=O) groups is 1. The summed E-state index contributed by atoms with van der Waals surface area (Å²) in [6, 6.07) is 9.58. The van der Waals surface area contributed by atoms with Gasteiger partial charge in [0.25, 0.3) is 0 Å². The monoisotopic (exact) mass is 400 g/mol. The SMILES string of the molecule is CC1=C(C(=O)Cc2ccc3[nH]nc(-c4ccncc4)c3c2)[C@@H](C)n2nnnc2N1C. The van der Waals surface area contributed by atoms with Crippen LogP contribution in [-0.4, -0.2) is 48.2 Å². The third-order valence-electron chi connectivity index (χ3n) is 5.70. The van der Waals surface area contributed by atoms with Gasteiger partial charge in [-0.15, -0.1) is 0 Å². The number of aromatic nitrogens is 7. The molecule has 9 nitrogen and oxygen atoms in total. The second-order valence-electron chi connectivity index (χ2n) is 7.45. The first kappa shape index (κ1) is 18.2. The Labute approximate surface area is 172 Å². The van der Waals surface area contributed by atoms with Crippen LogP contribution >= 0.6 is 0 Å². The van der Waals surface area contributed by atoms with Gasteiger partial charge < -0.3 is 4.90 Å². The van der Waals surface area contributed by atoms with Crippen molar-refractivity contribution in [2.75, 3.05) is 11.9 Å². The Morgan fingerprint density at radius 2 is 2.00 bits per heavy atom. The minimum absolute atomic E-state index is 0.0568. The van der Waals surface area contributed by atoms with Gasteiger partial charge in [0.15, 0.2) is 5.78 Å². The van der Waals surface area contributed by atoms with Crippen LogP contribution in [0.2, 0.25) is 0 Å². The zero-order chi connectivity index (χ0) is 20.8. The summed E-state index contributed by atoms with van der Waals surface area (Å²) in [5.74, 6) is 0.694. The lowest BCUT2D eigenvalue weighted by Gasteiger charge is -2.30. The number of tetrazole rings is 1. The highest BCUT2D eigenvalue weighted by Gasteiger charge is 2.32. The molecule has 9 heteroatoms. The average molecular weight is 400 g/mol. The molecule has 1 N–H and O–H groups in total. The van der Waals surface area contributed by atoms with E-state index in [4.69, 9.17) is 0 Å². The second-order valence-corrected chi connectivity index (χ2v) is 7.45. The van der Waals surface area contributed by atoms with Crippen molar-refractivity contribution in [2.24, 2.45) is 0 Å². The number of ketones is 1. The number of fused-ring (bicyclic) bond motifs is 2. The number of allylic oxidation sites excluding steroid dienone is 2. The van der Waals surface area contributed by atoms with Gasteiger partial charge in [0.1, 0.15) is 5.69 Å². The number of nitrogens with one attached hydrogen (secondary N) is 1. The fraction of sp³-hybridized carbons (Fsp3) is 0.238. The lowest BCUT2D eigenvalue weighted by atomic mass is 9.94. The molecule has 0 fully saturated rings. The van der Waals surface area contributed by atoms with Gasteiger partial charge in [-0.2, -0.15) is 5.10 Å². The van der Waals surface area contributed by atoms with E-state index in [2.05, 4.69) is 30.7 Å². The molecule has 150 valence electrons. The van der Waals surface area contributed by atoms with Gasteiger partial charge in [-0.05, 0) is 54.1 Å². The fourth-order valence-electron chi connectivity index (χ4n) is 4.03. The maximum Gasteiger partial charge on any atom is 0.250 e. The first-order valence-electron chi connectivity index (χ1n) is 9.67. The molecule has 0 aliphatic carbocycles. The molecule has 0 saturated heterocycles. The van der Waals surface area contributed by atoms with Crippen LogP contribution in [0, 0.1) is 0 Å². The summed E-state index contributed by atoms with van der Waals surface area (Å²) in [7, 11) is 1.87. The van der Waals surface area contributed by atoms with Crippen LogP contribution in [0.15, 0.2) is 54.0 Å². The molecule has 0 radical (unpaired) electrons. The van der Waals surface area contributed by atoms with E-state index in [0.29, 0.717) is 12.4 Å². The molecule has 1 atom stereocenters. The number of pyridine rings is 1. The largest absolute Gasteiger partial charge is 0.316 e. The molecular formula is C21H20N8O. The van der Waals surface area contributed by atoms with E-state index in [0.717, 1.165) is 39.0 Å². The Morgan fingerprint density at radius 3 is 2.80 bits per heavy atom. The Morgan fingerprint density at radius 1 is 1.20 bits per heavy atom. The number of benzene rings is 1. The van der Waals surface area contributed by atoms with Crippen LogP contribution in [-0.2, 0) is 11.2 Å². The quantitative estimate of drug-likeness (QED) is 0.561. The molecule has 30 heavy (non-hydrogen) atoms. The number of Topliss-reactive ketones (excluding diaryl/α,β-unsaturated/α-hetero) is 1. The van der Waals surface area contributed by atoms with E-state index in [1.165, 1.54) is 0 Å². The molecule has 0 saturated carbocycles. The first-order chi connectivity index (χ1) is 14.5. The first-order valence-corrected chi connectivity index (χ1v) is 9.67. The van der Waals surface area contributed by atoms with Crippen LogP contribution in [0.5, 0.6) is 0 Å². The summed E-state index contributed by atoms with van der Waals surface area (Å²) in [6.07, 6.45) is 3.78. The molecule has 5 rings (SSSR count). The predicted molar refractivity (Wildman–Crippen MR) is 112 cm³/mol. The number of anilines is 1. The van der Waals surface area contributed by atoms with Crippen molar-refractivity contribution in [3.63, 3.8) is 0 Å². The number of hydrogen-bond donors (Lipinski definition) is 1. The summed E-state index contributed by atoms with van der Waals surface area (Å²) in [4.78, 5) is 19.2. The summed E-state index contributed by atoms with van der Waals surface area (Å²) >= 11 is 0. The Kier molecular flexibility index (Phi) is 4.16. The molecule has 1 aliphatic rings. The average Bonchev–Trinajstić information content (AvgIpc) is 3.40. The topological polar surface area (TPSA) is 105 Å². The Bertz CT molecular complexity index is 1290. The van der Waals surface area contributed by atoms with Gasteiger partial charge in [-0.25, -0.2) is 4.68 Å². The summed E-state index contributed by atoms with van der Waals surface area (Å²) in [5, 5.41) is 20.3. The van der Waals surface area contributed by atoms with Gasteiger partial charge in [0.2, 0.25) is 5.95 Å². The summed E-state index contributed by atoms with van der Waals surface area (Å²) < 4.78 is 1.68. The molecule has 4 aromatic rings. The van der Waals surface area contributed by atoms with E-state index >= 15 is 0 Å². The van der Waals surface area contributed by atoms with Crippen LogP contribution in [0.4, 0.5) is 5.95 Å². The molecule has 1 aromatic carbocycles. The molecule has 0 unspecified atom stereocenters. The smallest absolute Gasteiger partial charge is 0.250 e. The van der Waals surface area contributed by atoms with E-state index in [9.17, 15) is 4.79 Å². The van der Waals surface area contributed by atoms with Gasteiger partial charge in [-0.3, -0.25) is 14.9 Å². The zero-order valence-corrected chi connectivity index (χ0v) is 16.9. The van der Waals surface area contributed by atoms with Crippen molar-refractivity contribution < 1.29 is 4.79 Å². The van der Waals surface area contributed by atoms with Crippen LogP contribution in [0.25, 0.3) is 22.2 Å². The van der Waals surface area contributed by atoms with Crippen molar-refractivity contribution in [3.8, 4) is 11.3 Å². The highest BCUT2D eigenvalue weighted by molar-refractivity contribution is 6.00. The lowest BCUT2D eigenvalue weighted by Crippen LogP contribution is -2.32. The number of aromatic amines is 1. The van der Waals surface area contributed by atoms with E-state index in [-0.39, 0.29) is 11.8 Å². The highest BCUT2D eigenvalue weighted by atomic mass is 16.1. The summed E-state index contributed by atoms with van der Waals surface area (Å²) in [5.41, 5.74) is 5.28. The van der Waals surface area contributed by atoms with Gasteiger partial charge in [0.05, 0.1) is 11.6 Å². The van der Waals surface area contributed by atoms with Gasteiger partial charge in [-0.1, -0.05) is 11.2 Å². The van der Waals surface area contributed by atoms with Crippen molar-refractivity contribution in [2.45, 2.75) is 26.3 Å². The minimum Gasteiger partial charge on any atom is -0.316 e. The van der Waals surface area contributed by atoms with E-state index in [1.54, 1.807) is 17.1 Å². The number of H-pyrrole nitrogens is 1. The van der Waals surface area contributed by atoms with Gasteiger partial charge in [0, 0.05) is 48.1 Å². The second kappa shape index (κ2) is 6.87. The van der Waals surface area contributed by atoms with E-state index < -0.39 is 0 Å². The Hall–Kier alpha value is -3.88. The number of hydrogen-bond acceptors (Lipinski definition) is 7. The number of rotatable bonds is 4. The van der Waals surface area contributed by atoms with Crippen molar-refractivity contribution in [1.29, 1.82) is 0 Å². The molecule has 1 aliphatic heterocycles. The van der Waals surface area contributed by atoms with Gasteiger partial charge >= 0.3 is 0 Å². The minimum atomic E-state index is -0.219. The van der Waals surface area contributed by atoms with Crippen molar-refractivity contribution in [3.05, 3.63) is 59.6 Å². The fourth-order valence-corrected chi connectivity index (χ4v) is 4.03. The lowest BCUT2D eigenvalue weighted by molar-refractivity contribution is -0.115. The normalized spacial score (nSPS) is 16.2. The molecule has 3 aromatic heterocycles. The zero-order valence-electron chi connectivity index (χ0n) is 16.9.